The van der Waals surface area contributed by atoms with Crippen molar-refractivity contribution in [1.82, 2.24) is 5.32 Å². The molecule has 0 aromatic heterocycles. The van der Waals surface area contributed by atoms with Crippen LogP contribution >= 0.6 is 0 Å². The number of hydrogen-bond acceptors (Lipinski definition) is 4. The Bertz CT molecular complexity index is 159. The van der Waals surface area contributed by atoms with Gasteiger partial charge in [0.2, 0.25) is 6.41 Å². The van der Waals surface area contributed by atoms with Gasteiger partial charge >= 0.3 is 5.97 Å². The van der Waals surface area contributed by atoms with Crippen LogP contribution in [0.1, 0.15) is 6.42 Å². The van der Waals surface area contributed by atoms with E-state index in [9.17, 15) is 4.79 Å². The predicted molar refractivity (Wildman–Crippen MR) is 42.4 cm³/mol. The van der Waals surface area contributed by atoms with Gasteiger partial charge in [-0.25, -0.2) is 0 Å². The van der Waals surface area contributed by atoms with Gasteiger partial charge in [-0.1, -0.05) is 6.08 Å². The SMILES string of the molecule is C=CC[C@H](NC(O)OC)C(=O)O. The van der Waals surface area contributed by atoms with Gasteiger partial charge in [-0.2, -0.15) is 0 Å². The number of hydrogen-bond donors (Lipinski definition) is 3. The first-order chi connectivity index (χ1) is 5.61. The molecular formula is C7H13NO4. The summed E-state index contributed by atoms with van der Waals surface area (Å²) in [6.45, 7) is 3.39. The van der Waals surface area contributed by atoms with Gasteiger partial charge in [-0.15, -0.1) is 6.58 Å². The zero-order valence-corrected chi connectivity index (χ0v) is 6.86. The molecule has 0 rings (SSSR count). The lowest BCUT2D eigenvalue weighted by Crippen LogP contribution is -2.43. The highest BCUT2D eigenvalue weighted by Crippen LogP contribution is 1.94. The highest BCUT2D eigenvalue weighted by Gasteiger charge is 2.17. The number of methoxy groups -OCH3 is 1. The number of rotatable bonds is 6. The molecule has 12 heavy (non-hydrogen) atoms. The fraction of sp³-hybridized carbons (Fsp3) is 0.571. The second-order valence-corrected chi connectivity index (χ2v) is 2.17. The first-order valence-electron chi connectivity index (χ1n) is 3.42. The maximum atomic E-state index is 10.5. The Morgan fingerprint density at radius 2 is 2.42 bits per heavy atom. The van der Waals surface area contributed by atoms with Crippen LogP contribution in [0.3, 0.4) is 0 Å². The number of nitrogens with one attached hydrogen (secondary N) is 1. The van der Waals surface area contributed by atoms with E-state index >= 15 is 0 Å². The van der Waals surface area contributed by atoms with Crippen LogP contribution in [0.4, 0.5) is 0 Å². The van der Waals surface area contributed by atoms with Gasteiger partial charge in [0, 0.05) is 7.11 Å². The van der Waals surface area contributed by atoms with Crippen molar-refractivity contribution in [1.29, 1.82) is 0 Å². The largest absolute Gasteiger partial charge is 0.480 e. The summed E-state index contributed by atoms with van der Waals surface area (Å²) in [6.07, 6.45) is 0.426. The molecule has 0 aromatic carbocycles. The van der Waals surface area contributed by atoms with Crippen molar-refractivity contribution in [3.63, 3.8) is 0 Å². The topological polar surface area (TPSA) is 78.8 Å². The zero-order valence-electron chi connectivity index (χ0n) is 6.86. The Morgan fingerprint density at radius 3 is 2.75 bits per heavy atom. The molecule has 0 aliphatic rings. The molecule has 0 amide bonds. The average Bonchev–Trinajstić information content (AvgIpc) is 2.03. The summed E-state index contributed by atoms with van der Waals surface area (Å²) in [5.41, 5.74) is 0. The molecule has 0 spiro atoms. The molecule has 0 heterocycles. The van der Waals surface area contributed by atoms with Gasteiger partial charge in [0.25, 0.3) is 0 Å². The summed E-state index contributed by atoms with van der Waals surface area (Å²) in [5, 5.41) is 19.8. The van der Waals surface area contributed by atoms with E-state index in [1.165, 1.54) is 13.2 Å². The predicted octanol–water partition coefficient (Wildman–Crippen LogP) is -0.472. The molecule has 0 aromatic rings. The van der Waals surface area contributed by atoms with Crippen molar-refractivity contribution in [3.05, 3.63) is 12.7 Å². The third-order valence-electron chi connectivity index (χ3n) is 1.27. The molecule has 0 fully saturated rings. The van der Waals surface area contributed by atoms with Gasteiger partial charge < -0.3 is 14.9 Å². The summed E-state index contributed by atoms with van der Waals surface area (Å²) in [6, 6.07) is -0.863. The van der Waals surface area contributed by atoms with E-state index in [-0.39, 0.29) is 6.42 Å². The molecule has 70 valence electrons. The Labute approximate surface area is 70.7 Å². The van der Waals surface area contributed by atoms with Crippen molar-refractivity contribution in [2.24, 2.45) is 0 Å². The lowest BCUT2D eigenvalue weighted by atomic mass is 10.2. The van der Waals surface area contributed by atoms with Crippen LogP contribution < -0.4 is 5.32 Å². The van der Waals surface area contributed by atoms with Gasteiger partial charge in [0.05, 0.1) is 0 Å². The zero-order chi connectivity index (χ0) is 9.56. The van der Waals surface area contributed by atoms with E-state index in [1.807, 2.05) is 0 Å². The minimum Gasteiger partial charge on any atom is -0.480 e. The monoisotopic (exact) mass is 175 g/mol. The smallest absolute Gasteiger partial charge is 0.321 e. The van der Waals surface area contributed by atoms with Crippen LogP contribution in [-0.4, -0.2) is 35.7 Å². The van der Waals surface area contributed by atoms with E-state index in [0.29, 0.717) is 0 Å². The van der Waals surface area contributed by atoms with E-state index in [4.69, 9.17) is 10.2 Å². The maximum Gasteiger partial charge on any atom is 0.321 e. The van der Waals surface area contributed by atoms with Gasteiger partial charge in [0.15, 0.2) is 0 Å². The van der Waals surface area contributed by atoms with Crippen molar-refractivity contribution in [3.8, 4) is 0 Å². The normalized spacial score (nSPS) is 15.2. The van der Waals surface area contributed by atoms with Crippen molar-refractivity contribution < 1.29 is 19.7 Å². The van der Waals surface area contributed by atoms with Crippen LogP contribution in [-0.2, 0) is 9.53 Å². The molecule has 0 bridgehead atoms. The van der Waals surface area contributed by atoms with Gasteiger partial charge in [-0.05, 0) is 6.42 Å². The van der Waals surface area contributed by atoms with E-state index in [2.05, 4.69) is 16.6 Å². The third kappa shape index (κ3) is 4.07. The van der Waals surface area contributed by atoms with Crippen LogP contribution in [0.2, 0.25) is 0 Å². The molecule has 1 unspecified atom stereocenters. The van der Waals surface area contributed by atoms with Crippen LogP contribution in [0.25, 0.3) is 0 Å². The Morgan fingerprint density at radius 1 is 1.83 bits per heavy atom. The summed E-state index contributed by atoms with van der Waals surface area (Å²) in [7, 11) is 1.27. The first-order valence-corrected chi connectivity index (χ1v) is 3.42. The van der Waals surface area contributed by atoms with E-state index < -0.39 is 18.4 Å². The number of aliphatic hydroxyl groups is 1. The van der Waals surface area contributed by atoms with Crippen LogP contribution in [0.15, 0.2) is 12.7 Å². The number of aliphatic hydroxyl groups excluding tert-OH is 1. The summed E-state index contributed by atoms with van der Waals surface area (Å²) in [4.78, 5) is 10.5. The average molecular weight is 175 g/mol. The van der Waals surface area contributed by atoms with Crippen LogP contribution in [0, 0.1) is 0 Å². The second kappa shape index (κ2) is 5.70. The van der Waals surface area contributed by atoms with E-state index in [1.54, 1.807) is 0 Å². The maximum absolute atomic E-state index is 10.5. The number of carbonyl (C=O) groups is 1. The third-order valence-corrected chi connectivity index (χ3v) is 1.27. The standard InChI is InChI=1S/C7H13NO4/c1-3-4-5(6(9)10)8-7(11)12-2/h3,5,7-8,11H,1,4H2,2H3,(H,9,10)/t5-,7?/m0/s1. The molecule has 0 radical (unpaired) electrons. The summed E-state index contributed by atoms with van der Waals surface area (Å²) >= 11 is 0. The van der Waals surface area contributed by atoms with Crippen LogP contribution in [0.5, 0.6) is 0 Å². The second-order valence-electron chi connectivity index (χ2n) is 2.17. The first kappa shape index (κ1) is 11.1. The molecule has 2 atom stereocenters. The van der Waals surface area contributed by atoms with E-state index in [0.717, 1.165) is 0 Å². The summed E-state index contributed by atoms with van der Waals surface area (Å²) < 4.78 is 4.42. The van der Waals surface area contributed by atoms with Crippen molar-refractivity contribution in [2.45, 2.75) is 18.9 Å². The number of aliphatic carboxylic acids is 1. The molecule has 0 aliphatic heterocycles. The molecule has 0 saturated heterocycles. The minimum atomic E-state index is -1.26. The lowest BCUT2D eigenvalue weighted by molar-refractivity contribution is -0.147. The van der Waals surface area contributed by atoms with Crippen molar-refractivity contribution in [2.75, 3.05) is 7.11 Å². The van der Waals surface area contributed by atoms with Crippen molar-refractivity contribution >= 4 is 5.97 Å². The molecular weight excluding hydrogens is 162 g/mol. The Hall–Kier alpha value is -0.910. The quantitative estimate of drug-likeness (QED) is 0.375. The molecule has 5 heteroatoms. The number of carboxylic acids is 1. The molecule has 3 N–H and O–H groups in total. The molecule has 0 saturated carbocycles. The number of ether oxygens (including phenoxy) is 1. The van der Waals surface area contributed by atoms with Gasteiger partial charge in [0.1, 0.15) is 6.04 Å². The Kier molecular flexibility index (Phi) is 5.27. The Balaban J connectivity index is 3.94. The fourth-order valence-corrected chi connectivity index (χ4v) is 0.647. The van der Waals surface area contributed by atoms with Gasteiger partial charge in [-0.3, -0.25) is 10.1 Å². The highest BCUT2D eigenvalue weighted by molar-refractivity contribution is 5.73. The fourth-order valence-electron chi connectivity index (χ4n) is 0.647. The lowest BCUT2D eigenvalue weighted by Gasteiger charge is -2.16. The molecule has 0 aliphatic carbocycles. The molecule has 5 nitrogen and oxygen atoms in total. The summed E-state index contributed by atoms with van der Waals surface area (Å²) in [5.74, 6) is -1.05. The highest BCUT2D eigenvalue weighted by atomic mass is 16.6. The minimum absolute atomic E-state index is 0.232. The number of carboxylic acid groups (broad SMARTS) is 1.